The highest BCUT2D eigenvalue weighted by Gasteiger charge is 2.29. The standard InChI is InChI=1S/C14H10N2O5S/c17-16(18)11-7-5-10(6-8-11)9-21-14-12-3-1-2-4-13(12)22(19,20)15-14/h1-8H,9H2. The van der Waals surface area contributed by atoms with Gasteiger partial charge in [0.2, 0.25) is 5.90 Å². The molecule has 0 radical (unpaired) electrons. The van der Waals surface area contributed by atoms with Crippen LogP contribution < -0.4 is 0 Å². The molecule has 22 heavy (non-hydrogen) atoms. The third-order valence-electron chi connectivity index (χ3n) is 3.12. The Labute approximate surface area is 126 Å². The Hall–Kier alpha value is -2.74. The lowest BCUT2D eigenvalue weighted by Crippen LogP contribution is -2.04. The zero-order valence-corrected chi connectivity index (χ0v) is 12.0. The van der Waals surface area contributed by atoms with Gasteiger partial charge in [0, 0.05) is 12.1 Å². The molecule has 0 saturated heterocycles. The van der Waals surface area contributed by atoms with Gasteiger partial charge in [-0.2, -0.15) is 8.42 Å². The van der Waals surface area contributed by atoms with Gasteiger partial charge in [0.15, 0.2) is 0 Å². The van der Waals surface area contributed by atoms with Crippen LogP contribution in [0.5, 0.6) is 0 Å². The van der Waals surface area contributed by atoms with Crippen molar-refractivity contribution in [1.82, 2.24) is 0 Å². The average Bonchev–Trinajstić information content (AvgIpc) is 2.77. The van der Waals surface area contributed by atoms with Crippen molar-refractivity contribution < 1.29 is 18.1 Å². The van der Waals surface area contributed by atoms with E-state index in [-0.39, 0.29) is 23.1 Å². The molecule has 112 valence electrons. The van der Waals surface area contributed by atoms with E-state index in [9.17, 15) is 18.5 Å². The summed E-state index contributed by atoms with van der Waals surface area (Å²) in [5, 5.41) is 10.6. The molecule has 1 heterocycles. The Kier molecular flexibility index (Phi) is 3.38. The van der Waals surface area contributed by atoms with E-state index in [2.05, 4.69) is 4.40 Å². The van der Waals surface area contributed by atoms with Crippen LogP contribution in [0, 0.1) is 10.1 Å². The fourth-order valence-electron chi connectivity index (χ4n) is 2.05. The Morgan fingerprint density at radius 1 is 1.09 bits per heavy atom. The maximum atomic E-state index is 11.9. The van der Waals surface area contributed by atoms with E-state index in [1.807, 2.05) is 0 Å². The van der Waals surface area contributed by atoms with E-state index in [1.165, 1.54) is 18.2 Å². The van der Waals surface area contributed by atoms with E-state index >= 15 is 0 Å². The van der Waals surface area contributed by atoms with Crippen LogP contribution >= 0.6 is 0 Å². The van der Waals surface area contributed by atoms with Crippen molar-refractivity contribution in [2.24, 2.45) is 4.40 Å². The highest BCUT2D eigenvalue weighted by molar-refractivity contribution is 7.90. The minimum absolute atomic E-state index is 0.0186. The van der Waals surface area contributed by atoms with E-state index in [4.69, 9.17) is 4.74 Å². The summed E-state index contributed by atoms with van der Waals surface area (Å²) >= 11 is 0. The van der Waals surface area contributed by atoms with Crippen LogP contribution in [0.3, 0.4) is 0 Å². The molecule has 0 atom stereocenters. The molecule has 2 aromatic carbocycles. The summed E-state index contributed by atoms with van der Waals surface area (Å²) in [7, 11) is -3.70. The Morgan fingerprint density at radius 3 is 2.45 bits per heavy atom. The van der Waals surface area contributed by atoms with Gasteiger partial charge >= 0.3 is 0 Å². The maximum absolute atomic E-state index is 11.9. The molecule has 7 nitrogen and oxygen atoms in total. The minimum atomic E-state index is -3.70. The molecule has 3 rings (SSSR count). The van der Waals surface area contributed by atoms with Crippen LogP contribution in [-0.4, -0.2) is 19.2 Å². The van der Waals surface area contributed by atoms with E-state index in [0.29, 0.717) is 11.1 Å². The molecule has 1 aliphatic heterocycles. The number of ether oxygens (including phenoxy) is 1. The molecule has 0 aliphatic carbocycles. The second kappa shape index (κ2) is 5.23. The van der Waals surface area contributed by atoms with Crippen molar-refractivity contribution in [2.75, 3.05) is 0 Å². The summed E-state index contributed by atoms with van der Waals surface area (Å²) in [6.07, 6.45) is 0. The van der Waals surface area contributed by atoms with Crippen molar-refractivity contribution >= 4 is 21.6 Å². The summed E-state index contributed by atoms with van der Waals surface area (Å²) in [6.45, 7) is 0.0701. The quantitative estimate of drug-likeness (QED) is 0.638. The largest absolute Gasteiger partial charge is 0.472 e. The molecule has 0 unspecified atom stereocenters. The van der Waals surface area contributed by atoms with Crippen molar-refractivity contribution in [3.63, 3.8) is 0 Å². The summed E-state index contributed by atoms with van der Waals surface area (Å²) in [6, 6.07) is 12.2. The fourth-order valence-corrected chi connectivity index (χ4v) is 3.20. The number of benzene rings is 2. The second-order valence-corrected chi connectivity index (χ2v) is 6.15. The molecule has 1 aliphatic rings. The Morgan fingerprint density at radius 2 is 1.77 bits per heavy atom. The number of non-ortho nitro benzene ring substituents is 1. The molecule has 0 bridgehead atoms. The van der Waals surface area contributed by atoms with Gasteiger partial charge < -0.3 is 4.74 Å². The molecular formula is C14H10N2O5S. The average molecular weight is 318 g/mol. The smallest absolute Gasteiger partial charge is 0.286 e. The van der Waals surface area contributed by atoms with E-state index in [1.54, 1.807) is 30.3 Å². The summed E-state index contributed by atoms with van der Waals surface area (Å²) < 4.78 is 32.8. The number of rotatable bonds is 3. The first-order valence-electron chi connectivity index (χ1n) is 6.28. The fraction of sp³-hybridized carbons (Fsp3) is 0.0714. The Bertz CT molecular complexity index is 872. The third kappa shape index (κ3) is 2.56. The van der Waals surface area contributed by atoms with Gasteiger partial charge in [0.05, 0.1) is 10.5 Å². The molecule has 0 aromatic heterocycles. The van der Waals surface area contributed by atoms with Gasteiger partial charge in [0.1, 0.15) is 11.5 Å². The second-order valence-electron chi connectivity index (χ2n) is 4.58. The third-order valence-corrected chi connectivity index (χ3v) is 4.44. The first kappa shape index (κ1) is 14.2. The number of nitro benzene ring substituents is 1. The maximum Gasteiger partial charge on any atom is 0.286 e. The normalized spacial score (nSPS) is 15.0. The van der Waals surface area contributed by atoms with Gasteiger partial charge in [-0.25, -0.2) is 0 Å². The molecule has 8 heteroatoms. The number of nitrogens with zero attached hydrogens (tertiary/aromatic N) is 2. The number of hydrogen-bond acceptors (Lipinski definition) is 5. The van der Waals surface area contributed by atoms with Gasteiger partial charge in [-0.05, 0) is 29.8 Å². The monoisotopic (exact) mass is 318 g/mol. The lowest BCUT2D eigenvalue weighted by molar-refractivity contribution is -0.384. The first-order chi connectivity index (χ1) is 10.5. The summed E-state index contributed by atoms with van der Waals surface area (Å²) in [4.78, 5) is 10.2. The lowest BCUT2D eigenvalue weighted by Gasteiger charge is -2.05. The molecule has 0 fully saturated rings. The predicted octanol–water partition coefficient (Wildman–Crippen LogP) is 2.26. The SMILES string of the molecule is O=[N+]([O-])c1ccc(COC2=NS(=O)(=O)c3ccccc32)cc1. The van der Waals surface area contributed by atoms with Gasteiger partial charge in [-0.1, -0.05) is 12.1 Å². The van der Waals surface area contributed by atoms with E-state index in [0.717, 1.165) is 0 Å². The van der Waals surface area contributed by atoms with Crippen LogP contribution in [-0.2, 0) is 21.4 Å². The summed E-state index contributed by atoms with van der Waals surface area (Å²) in [5.74, 6) is 0.0361. The molecule has 0 amide bonds. The van der Waals surface area contributed by atoms with Crippen molar-refractivity contribution in [2.45, 2.75) is 11.5 Å². The predicted molar refractivity (Wildman–Crippen MR) is 78.1 cm³/mol. The van der Waals surface area contributed by atoms with Gasteiger partial charge in [-0.3, -0.25) is 10.1 Å². The topological polar surface area (TPSA) is 98.9 Å². The van der Waals surface area contributed by atoms with Crippen LogP contribution in [0.15, 0.2) is 57.8 Å². The van der Waals surface area contributed by atoms with Crippen LogP contribution in [0.4, 0.5) is 5.69 Å². The zero-order valence-electron chi connectivity index (χ0n) is 11.2. The van der Waals surface area contributed by atoms with Gasteiger partial charge in [0.25, 0.3) is 15.7 Å². The van der Waals surface area contributed by atoms with Crippen molar-refractivity contribution in [1.29, 1.82) is 0 Å². The van der Waals surface area contributed by atoms with Crippen molar-refractivity contribution in [3.05, 3.63) is 69.8 Å². The number of nitro groups is 1. The highest BCUT2D eigenvalue weighted by Crippen LogP contribution is 2.26. The number of fused-ring (bicyclic) bond motifs is 1. The first-order valence-corrected chi connectivity index (χ1v) is 7.72. The number of sulfonamides is 1. The van der Waals surface area contributed by atoms with Crippen molar-refractivity contribution in [3.8, 4) is 0 Å². The molecule has 2 aromatic rings. The molecule has 0 N–H and O–H groups in total. The Balaban J connectivity index is 1.79. The minimum Gasteiger partial charge on any atom is -0.472 e. The van der Waals surface area contributed by atoms with Crippen LogP contribution in [0.2, 0.25) is 0 Å². The van der Waals surface area contributed by atoms with Crippen LogP contribution in [0.1, 0.15) is 11.1 Å². The van der Waals surface area contributed by atoms with Crippen LogP contribution in [0.25, 0.3) is 0 Å². The molecule has 0 spiro atoms. The highest BCUT2D eigenvalue weighted by atomic mass is 32.2. The zero-order chi connectivity index (χ0) is 15.7. The van der Waals surface area contributed by atoms with E-state index < -0.39 is 14.9 Å². The molecule has 0 saturated carbocycles. The number of hydrogen-bond donors (Lipinski definition) is 0. The molecular weight excluding hydrogens is 308 g/mol. The lowest BCUT2D eigenvalue weighted by atomic mass is 10.2. The summed E-state index contributed by atoms with van der Waals surface area (Å²) in [5.41, 5.74) is 1.08. The van der Waals surface area contributed by atoms with Gasteiger partial charge in [-0.15, -0.1) is 4.40 Å².